The van der Waals surface area contributed by atoms with Crippen molar-refractivity contribution in [3.8, 4) is 11.5 Å². The van der Waals surface area contributed by atoms with E-state index in [-0.39, 0.29) is 6.04 Å². The number of fused-ring (bicyclic) bond motifs is 2. The van der Waals surface area contributed by atoms with Crippen molar-refractivity contribution >= 4 is 10.0 Å². The van der Waals surface area contributed by atoms with E-state index in [9.17, 15) is 8.42 Å². The number of rotatable bonds is 2. The zero-order valence-electron chi connectivity index (χ0n) is 13.2. The predicted octanol–water partition coefficient (Wildman–Crippen LogP) is 2.80. The van der Waals surface area contributed by atoms with Crippen LogP contribution >= 0.6 is 0 Å². The topological polar surface area (TPSA) is 55.8 Å². The standard InChI is InChI=1S/C17H23NO4S/c19-23(20,14-7-8-16-17(12-14)22-11-10-21-16)18-9-3-5-13-4-1-2-6-15(13)18/h7-8,12-13,15H,1-6,9-11H2/t13-,15+/m1/s1. The van der Waals surface area contributed by atoms with E-state index in [2.05, 4.69) is 0 Å². The smallest absolute Gasteiger partial charge is 0.243 e. The van der Waals surface area contributed by atoms with Crippen molar-refractivity contribution < 1.29 is 17.9 Å². The van der Waals surface area contributed by atoms with Gasteiger partial charge in [0.05, 0.1) is 4.90 Å². The Kier molecular flexibility index (Phi) is 3.97. The maximum Gasteiger partial charge on any atom is 0.243 e. The second kappa shape index (κ2) is 5.98. The number of hydrogen-bond acceptors (Lipinski definition) is 4. The van der Waals surface area contributed by atoms with Crippen LogP contribution in [-0.4, -0.2) is 38.5 Å². The number of benzene rings is 1. The lowest BCUT2D eigenvalue weighted by Crippen LogP contribution is -2.49. The summed E-state index contributed by atoms with van der Waals surface area (Å²) in [4.78, 5) is 0.327. The molecule has 23 heavy (non-hydrogen) atoms. The fraction of sp³-hybridized carbons (Fsp3) is 0.647. The molecule has 1 saturated heterocycles. The van der Waals surface area contributed by atoms with E-state index in [1.54, 1.807) is 22.5 Å². The van der Waals surface area contributed by atoms with Crippen molar-refractivity contribution in [3.05, 3.63) is 18.2 Å². The molecule has 0 bridgehead atoms. The third-order valence-corrected chi connectivity index (χ3v) is 7.23. The number of piperidine rings is 1. The number of sulfonamides is 1. The SMILES string of the molecule is O=S(=O)(c1ccc2c(c1)OCCO2)N1CCC[C@H]2CCCC[C@@H]21. The summed E-state index contributed by atoms with van der Waals surface area (Å²) in [6.45, 7) is 1.61. The minimum absolute atomic E-state index is 0.177. The molecule has 4 rings (SSSR count). The van der Waals surface area contributed by atoms with Gasteiger partial charge in [-0.25, -0.2) is 8.42 Å². The van der Waals surface area contributed by atoms with Crippen LogP contribution in [0.5, 0.6) is 11.5 Å². The van der Waals surface area contributed by atoms with E-state index in [0.29, 0.717) is 42.1 Å². The summed E-state index contributed by atoms with van der Waals surface area (Å²) < 4.78 is 39.1. The van der Waals surface area contributed by atoms with Gasteiger partial charge in [-0.1, -0.05) is 12.8 Å². The zero-order valence-corrected chi connectivity index (χ0v) is 14.1. The maximum absolute atomic E-state index is 13.2. The molecule has 0 amide bonds. The van der Waals surface area contributed by atoms with Gasteiger partial charge in [-0.3, -0.25) is 0 Å². The number of nitrogens with zero attached hydrogens (tertiary/aromatic N) is 1. The highest BCUT2D eigenvalue weighted by Gasteiger charge is 2.40. The molecule has 1 aliphatic carbocycles. The van der Waals surface area contributed by atoms with Crippen LogP contribution in [0.4, 0.5) is 0 Å². The van der Waals surface area contributed by atoms with Crippen LogP contribution in [0.15, 0.2) is 23.1 Å². The monoisotopic (exact) mass is 337 g/mol. The molecule has 126 valence electrons. The van der Waals surface area contributed by atoms with Crippen LogP contribution in [0.25, 0.3) is 0 Å². The number of hydrogen-bond donors (Lipinski definition) is 0. The molecule has 1 aromatic rings. The summed E-state index contributed by atoms with van der Waals surface area (Å²) >= 11 is 0. The summed E-state index contributed by atoms with van der Waals surface area (Å²) in [6, 6.07) is 5.16. The Morgan fingerprint density at radius 3 is 2.57 bits per heavy atom. The second-order valence-corrected chi connectivity index (χ2v) is 8.57. The predicted molar refractivity (Wildman–Crippen MR) is 86.3 cm³/mol. The largest absolute Gasteiger partial charge is 0.486 e. The lowest BCUT2D eigenvalue weighted by atomic mass is 9.79. The van der Waals surface area contributed by atoms with E-state index in [1.165, 1.54) is 6.42 Å². The van der Waals surface area contributed by atoms with E-state index in [1.807, 2.05) is 0 Å². The van der Waals surface area contributed by atoms with Gasteiger partial charge in [0.2, 0.25) is 10.0 Å². The molecular weight excluding hydrogens is 314 g/mol. The van der Waals surface area contributed by atoms with Crippen LogP contribution in [0, 0.1) is 5.92 Å². The average molecular weight is 337 g/mol. The Morgan fingerprint density at radius 2 is 1.70 bits per heavy atom. The first-order chi connectivity index (χ1) is 11.2. The number of ether oxygens (including phenoxy) is 2. The highest BCUT2D eigenvalue weighted by Crippen LogP contribution is 2.39. The summed E-state index contributed by atoms with van der Waals surface area (Å²) in [7, 11) is -3.47. The molecule has 0 N–H and O–H groups in total. The van der Waals surface area contributed by atoms with Crippen LogP contribution in [0.2, 0.25) is 0 Å². The Hall–Kier alpha value is -1.27. The molecule has 0 spiro atoms. The lowest BCUT2D eigenvalue weighted by molar-refractivity contribution is 0.129. The minimum atomic E-state index is -3.47. The van der Waals surface area contributed by atoms with E-state index < -0.39 is 10.0 Å². The highest BCUT2D eigenvalue weighted by atomic mass is 32.2. The van der Waals surface area contributed by atoms with E-state index in [4.69, 9.17) is 9.47 Å². The molecule has 6 heteroatoms. The Balaban J connectivity index is 1.66. The molecule has 1 saturated carbocycles. The van der Waals surface area contributed by atoms with Crippen LogP contribution in [-0.2, 0) is 10.0 Å². The van der Waals surface area contributed by atoms with E-state index in [0.717, 1.165) is 32.1 Å². The minimum Gasteiger partial charge on any atom is -0.486 e. The lowest BCUT2D eigenvalue weighted by Gasteiger charge is -2.43. The molecule has 0 radical (unpaired) electrons. The van der Waals surface area contributed by atoms with Crippen molar-refractivity contribution in [1.82, 2.24) is 4.31 Å². The Morgan fingerprint density at radius 1 is 0.957 bits per heavy atom. The van der Waals surface area contributed by atoms with Crippen LogP contribution in [0.1, 0.15) is 38.5 Å². The van der Waals surface area contributed by atoms with Crippen molar-refractivity contribution in [3.63, 3.8) is 0 Å². The van der Waals surface area contributed by atoms with Crippen molar-refractivity contribution in [2.45, 2.75) is 49.5 Å². The van der Waals surface area contributed by atoms with Crippen molar-refractivity contribution in [2.24, 2.45) is 5.92 Å². The molecule has 0 aromatic heterocycles. The summed E-state index contributed by atoms with van der Waals surface area (Å²) in [5, 5.41) is 0. The van der Waals surface area contributed by atoms with Gasteiger partial charge < -0.3 is 9.47 Å². The average Bonchev–Trinajstić information content (AvgIpc) is 2.60. The quantitative estimate of drug-likeness (QED) is 0.833. The Bertz CT molecular complexity index is 686. The first-order valence-electron chi connectivity index (χ1n) is 8.58. The normalized spacial score (nSPS) is 28.2. The molecule has 2 heterocycles. The second-order valence-electron chi connectivity index (χ2n) is 6.68. The summed E-state index contributed by atoms with van der Waals surface area (Å²) in [6.07, 6.45) is 6.66. The van der Waals surface area contributed by atoms with Gasteiger partial charge in [-0.15, -0.1) is 0 Å². The molecular formula is C17H23NO4S. The van der Waals surface area contributed by atoms with Gasteiger partial charge in [0.15, 0.2) is 11.5 Å². The van der Waals surface area contributed by atoms with E-state index >= 15 is 0 Å². The summed E-state index contributed by atoms with van der Waals surface area (Å²) in [5.74, 6) is 1.70. The third kappa shape index (κ3) is 2.72. The van der Waals surface area contributed by atoms with Crippen LogP contribution in [0.3, 0.4) is 0 Å². The van der Waals surface area contributed by atoms with Gasteiger partial charge in [0.25, 0.3) is 0 Å². The van der Waals surface area contributed by atoms with Crippen molar-refractivity contribution in [2.75, 3.05) is 19.8 Å². The van der Waals surface area contributed by atoms with Gasteiger partial charge in [0, 0.05) is 18.7 Å². The molecule has 1 aromatic carbocycles. The fourth-order valence-corrected chi connectivity index (χ4v) is 5.97. The Labute approximate surface area is 137 Å². The van der Waals surface area contributed by atoms with Gasteiger partial charge in [-0.2, -0.15) is 4.31 Å². The van der Waals surface area contributed by atoms with Crippen molar-refractivity contribution in [1.29, 1.82) is 0 Å². The first kappa shape index (κ1) is 15.3. The molecule has 2 aliphatic heterocycles. The van der Waals surface area contributed by atoms with Crippen LogP contribution < -0.4 is 9.47 Å². The van der Waals surface area contributed by atoms with Gasteiger partial charge in [-0.05, 0) is 43.7 Å². The maximum atomic E-state index is 13.2. The fourth-order valence-electron chi connectivity index (χ4n) is 4.20. The van der Waals surface area contributed by atoms with Gasteiger partial charge >= 0.3 is 0 Å². The molecule has 2 atom stereocenters. The molecule has 5 nitrogen and oxygen atoms in total. The third-order valence-electron chi connectivity index (χ3n) is 5.31. The molecule has 0 unspecified atom stereocenters. The van der Waals surface area contributed by atoms with Gasteiger partial charge in [0.1, 0.15) is 13.2 Å². The molecule has 2 fully saturated rings. The summed E-state index contributed by atoms with van der Waals surface area (Å²) in [5.41, 5.74) is 0. The zero-order chi connectivity index (χ0) is 15.9. The highest BCUT2D eigenvalue weighted by molar-refractivity contribution is 7.89. The molecule has 3 aliphatic rings. The first-order valence-corrected chi connectivity index (χ1v) is 10.0.